The van der Waals surface area contributed by atoms with Crippen LogP contribution in [-0.2, 0) is 4.74 Å². The summed E-state index contributed by atoms with van der Waals surface area (Å²) in [6, 6.07) is 0. The van der Waals surface area contributed by atoms with Crippen molar-refractivity contribution in [3.05, 3.63) is 0 Å². The van der Waals surface area contributed by atoms with Crippen LogP contribution >= 0.6 is 0 Å². The van der Waals surface area contributed by atoms with Crippen molar-refractivity contribution in [1.29, 1.82) is 0 Å². The standard InChI is InChI=1S/C10H20O/c1-3-5-9(6-4-2)11-10-7-8-10/h9-10H,3-8H2,1-2H3. The third-order valence-corrected chi connectivity index (χ3v) is 2.13. The summed E-state index contributed by atoms with van der Waals surface area (Å²) in [6.07, 6.45) is 8.85. The molecule has 0 unspecified atom stereocenters. The van der Waals surface area contributed by atoms with E-state index in [0.717, 1.165) is 0 Å². The van der Waals surface area contributed by atoms with E-state index in [1.54, 1.807) is 0 Å². The third kappa shape index (κ3) is 3.76. The van der Waals surface area contributed by atoms with Crippen LogP contribution in [0.25, 0.3) is 0 Å². The lowest BCUT2D eigenvalue weighted by Gasteiger charge is -2.15. The molecule has 1 rings (SSSR count). The minimum atomic E-state index is 0.567. The topological polar surface area (TPSA) is 9.23 Å². The number of ether oxygens (including phenoxy) is 1. The second-order valence-electron chi connectivity index (χ2n) is 3.53. The van der Waals surface area contributed by atoms with Crippen LogP contribution in [0.4, 0.5) is 0 Å². The van der Waals surface area contributed by atoms with Gasteiger partial charge >= 0.3 is 0 Å². The molecule has 66 valence electrons. The van der Waals surface area contributed by atoms with Crippen LogP contribution in [0.3, 0.4) is 0 Å². The van der Waals surface area contributed by atoms with Gasteiger partial charge in [-0.15, -0.1) is 0 Å². The largest absolute Gasteiger partial charge is 0.375 e. The van der Waals surface area contributed by atoms with Gasteiger partial charge in [0.15, 0.2) is 0 Å². The second-order valence-corrected chi connectivity index (χ2v) is 3.53. The molecule has 0 N–H and O–H groups in total. The van der Waals surface area contributed by atoms with E-state index in [1.165, 1.54) is 38.5 Å². The summed E-state index contributed by atoms with van der Waals surface area (Å²) >= 11 is 0. The quantitative estimate of drug-likeness (QED) is 0.574. The lowest BCUT2D eigenvalue weighted by molar-refractivity contribution is 0.0281. The Hall–Kier alpha value is -0.0400. The fraction of sp³-hybridized carbons (Fsp3) is 1.00. The number of rotatable bonds is 6. The molecule has 0 atom stereocenters. The highest BCUT2D eigenvalue weighted by Crippen LogP contribution is 2.27. The Bertz CT molecular complexity index is 91.0. The fourth-order valence-electron chi connectivity index (χ4n) is 1.40. The van der Waals surface area contributed by atoms with Crippen molar-refractivity contribution in [1.82, 2.24) is 0 Å². The van der Waals surface area contributed by atoms with Crippen molar-refractivity contribution in [3.63, 3.8) is 0 Å². The lowest BCUT2D eigenvalue weighted by atomic mass is 10.1. The zero-order valence-corrected chi connectivity index (χ0v) is 7.81. The zero-order chi connectivity index (χ0) is 8.10. The summed E-state index contributed by atoms with van der Waals surface area (Å²) in [5.41, 5.74) is 0. The first-order valence-corrected chi connectivity index (χ1v) is 5.02. The van der Waals surface area contributed by atoms with Gasteiger partial charge in [0.1, 0.15) is 0 Å². The van der Waals surface area contributed by atoms with E-state index in [2.05, 4.69) is 13.8 Å². The van der Waals surface area contributed by atoms with E-state index in [0.29, 0.717) is 12.2 Å². The Balaban J connectivity index is 2.08. The first-order chi connectivity index (χ1) is 5.36. The SMILES string of the molecule is CCCC(CCC)OC1CC1. The summed E-state index contributed by atoms with van der Waals surface area (Å²) in [4.78, 5) is 0. The van der Waals surface area contributed by atoms with Crippen molar-refractivity contribution >= 4 is 0 Å². The van der Waals surface area contributed by atoms with Gasteiger partial charge in [0.05, 0.1) is 12.2 Å². The van der Waals surface area contributed by atoms with Crippen LogP contribution in [0.15, 0.2) is 0 Å². The Morgan fingerprint density at radius 3 is 2.09 bits per heavy atom. The zero-order valence-electron chi connectivity index (χ0n) is 7.81. The molecule has 1 aliphatic rings. The molecule has 0 spiro atoms. The van der Waals surface area contributed by atoms with Crippen LogP contribution in [0.2, 0.25) is 0 Å². The maximum Gasteiger partial charge on any atom is 0.0580 e. The molecule has 0 aliphatic heterocycles. The highest BCUT2D eigenvalue weighted by atomic mass is 16.5. The molecule has 0 amide bonds. The van der Waals surface area contributed by atoms with Gasteiger partial charge in [0.25, 0.3) is 0 Å². The van der Waals surface area contributed by atoms with Crippen LogP contribution < -0.4 is 0 Å². The van der Waals surface area contributed by atoms with Gasteiger partial charge in [0.2, 0.25) is 0 Å². The predicted octanol–water partition coefficient (Wildman–Crippen LogP) is 3.13. The van der Waals surface area contributed by atoms with Gasteiger partial charge in [-0.05, 0) is 25.7 Å². The molecule has 0 saturated heterocycles. The summed E-state index contributed by atoms with van der Waals surface area (Å²) in [5, 5.41) is 0. The average molecular weight is 156 g/mol. The minimum Gasteiger partial charge on any atom is -0.375 e. The first kappa shape index (κ1) is 9.05. The van der Waals surface area contributed by atoms with Crippen molar-refractivity contribution < 1.29 is 4.74 Å². The highest BCUT2D eigenvalue weighted by molar-refractivity contribution is 4.75. The van der Waals surface area contributed by atoms with Crippen molar-refractivity contribution in [3.8, 4) is 0 Å². The molecule has 0 aromatic carbocycles. The Labute approximate surface area is 70.1 Å². The predicted molar refractivity (Wildman–Crippen MR) is 47.7 cm³/mol. The van der Waals surface area contributed by atoms with Crippen molar-refractivity contribution in [2.75, 3.05) is 0 Å². The van der Waals surface area contributed by atoms with Gasteiger partial charge in [-0.3, -0.25) is 0 Å². The van der Waals surface area contributed by atoms with Crippen molar-refractivity contribution in [2.24, 2.45) is 0 Å². The van der Waals surface area contributed by atoms with E-state index in [1.807, 2.05) is 0 Å². The number of hydrogen-bond acceptors (Lipinski definition) is 1. The molecule has 0 bridgehead atoms. The fourth-order valence-corrected chi connectivity index (χ4v) is 1.40. The van der Waals surface area contributed by atoms with E-state index in [9.17, 15) is 0 Å². The molecule has 11 heavy (non-hydrogen) atoms. The second kappa shape index (κ2) is 4.76. The summed E-state index contributed by atoms with van der Waals surface area (Å²) < 4.78 is 5.84. The molecule has 1 heteroatoms. The van der Waals surface area contributed by atoms with E-state index in [4.69, 9.17) is 4.74 Å². The van der Waals surface area contributed by atoms with E-state index in [-0.39, 0.29) is 0 Å². The van der Waals surface area contributed by atoms with Crippen LogP contribution in [0.1, 0.15) is 52.4 Å². The van der Waals surface area contributed by atoms with Gasteiger partial charge in [-0.1, -0.05) is 26.7 Å². The monoisotopic (exact) mass is 156 g/mol. The normalized spacial score (nSPS) is 17.7. The van der Waals surface area contributed by atoms with Gasteiger partial charge in [-0.2, -0.15) is 0 Å². The smallest absolute Gasteiger partial charge is 0.0580 e. The minimum absolute atomic E-state index is 0.567. The molecule has 1 fully saturated rings. The van der Waals surface area contributed by atoms with Crippen LogP contribution in [0.5, 0.6) is 0 Å². The van der Waals surface area contributed by atoms with Crippen LogP contribution in [-0.4, -0.2) is 12.2 Å². The molecule has 0 heterocycles. The molecule has 1 aliphatic carbocycles. The summed E-state index contributed by atoms with van der Waals surface area (Å²) in [7, 11) is 0. The first-order valence-electron chi connectivity index (χ1n) is 5.02. The molecule has 0 aromatic rings. The van der Waals surface area contributed by atoms with E-state index < -0.39 is 0 Å². The van der Waals surface area contributed by atoms with Gasteiger partial charge < -0.3 is 4.74 Å². The maximum absolute atomic E-state index is 5.84. The lowest BCUT2D eigenvalue weighted by Crippen LogP contribution is -2.13. The summed E-state index contributed by atoms with van der Waals surface area (Å²) in [5.74, 6) is 0. The Morgan fingerprint density at radius 2 is 1.73 bits per heavy atom. The molecule has 1 saturated carbocycles. The van der Waals surface area contributed by atoms with E-state index >= 15 is 0 Å². The molecular weight excluding hydrogens is 136 g/mol. The highest BCUT2D eigenvalue weighted by Gasteiger charge is 2.25. The Morgan fingerprint density at radius 1 is 1.18 bits per heavy atom. The van der Waals surface area contributed by atoms with Gasteiger partial charge in [0, 0.05) is 0 Å². The van der Waals surface area contributed by atoms with Gasteiger partial charge in [-0.25, -0.2) is 0 Å². The molecule has 0 radical (unpaired) electrons. The maximum atomic E-state index is 5.84. The van der Waals surface area contributed by atoms with Crippen molar-refractivity contribution in [2.45, 2.75) is 64.6 Å². The van der Waals surface area contributed by atoms with Crippen LogP contribution in [0, 0.1) is 0 Å². The molecule has 1 nitrogen and oxygen atoms in total. The molecule has 0 aromatic heterocycles. The molecular formula is C10H20O. The average Bonchev–Trinajstić information content (AvgIpc) is 2.73. The Kier molecular flexibility index (Phi) is 3.92. The third-order valence-electron chi connectivity index (χ3n) is 2.13. The number of hydrogen-bond donors (Lipinski definition) is 0. The summed E-state index contributed by atoms with van der Waals surface area (Å²) in [6.45, 7) is 4.47.